The summed E-state index contributed by atoms with van der Waals surface area (Å²) in [7, 11) is -3.41. The Morgan fingerprint density at radius 2 is 1.64 bits per heavy atom. The Labute approximate surface area is 164 Å². The zero-order chi connectivity index (χ0) is 19.1. The van der Waals surface area contributed by atoms with Gasteiger partial charge in [-0.1, -0.05) is 0 Å². The molecule has 11 heteroatoms. The Balaban J connectivity index is 1.31. The third-order valence-electron chi connectivity index (χ3n) is 5.89. The van der Waals surface area contributed by atoms with Crippen LogP contribution in [0.15, 0.2) is 12.1 Å². The van der Waals surface area contributed by atoms with Crippen molar-refractivity contribution in [2.75, 3.05) is 57.4 Å². The highest BCUT2D eigenvalue weighted by Gasteiger charge is 2.35. The van der Waals surface area contributed by atoms with Crippen LogP contribution in [0.3, 0.4) is 0 Å². The van der Waals surface area contributed by atoms with Crippen LogP contribution in [0.1, 0.15) is 31.0 Å². The highest BCUT2D eigenvalue weighted by Crippen LogP contribution is 2.29. The minimum Gasteiger partial charge on any atom is -0.379 e. The monoisotopic (exact) mass is 407 g/mol. The average Bonchev–Trinajstić information content (AvgIpc) is 3.11. The second kappa shape index (κ2) is 7.21. The predicted molar refractivity (Wildman–Crippen MR) is 102 cm³/mol. The maximum atomic E-state index is 12.9. The van der Waals surface area contributed by atoms with Gasteiger partial charge in [0.05, 0.1) is 13.2 Å². The van der Waals surface area contributed by atoms with Crippen molar-refractivity contribution in [2.24, 2.45) is 0 Å². The maximum Gasteiger partial charge on any atom is 0.282 e. The fraction of sp³-hybridized carbons (Fsp3) is 0.706. The minimum atomic E-state index is -3.41. The van der Waals surface area contributed by atoms with E-state index >= 15 is 0 Å². The van der Waals surface area contributed by atoms with Gasteiger partial charge in [-0.05, 0) is 31.4 Å². The summed E-state index contributed by atoms with van der Waals surface area (Å²) in [6, 6.07) is 3.94. The number of anilines is 1. The van der Waals surface area contributed by atoms with E-state index in [4.69, 9.17) is 9.84 Å². The van der Waals surface area contributed by atoms with E-state index in [1.165, 1.54) is 10.7 Å². The van der Waals surface area contributed by atoms with Gasteiger partial charge in [0, 0.05) is 45.2 Å². The van der Waals surface area contributed by atoms with Crippen LogP contribution in [0.25, 0.3) is 5.65 Å². The topological polar surface area (TPSA) is 96.2 Å². The van der Waals surface area contributed by atoms with Crippen molar-refractivity contribution >= 4 is 21.7 Å². The van der Waals surface area contributed by atoms with Gasteiger partial charge in [-0.2, -0.15) is 21.5 Å². The van der Waals surface area contributed by atoms with Crippen LogP contribution >= 0.6 is 0 Å². The van der Waals surface area contributed by atoms with Gasteiger partial charge in [0.1, 0.15) is 5.82 Å². The molecule has 3 aliphatic rings. The second-order valence-electron chi connectivity index (χ2n) is 7.55. The molecule has 152 valence electrons. The lowest BCUT2D eigenvalue weighted by Gasteiger charge is -2.35. The molecule has 0 N–H and O–H groups in total. The number of fused-ring (bicyclic) bond motifs is 1. The SMILES string of the molecule is O=S(=O)(N1CCOCC1)N1CCC(c2nnc3ccc(N4CCC4)nn23)CC1. The molecule has 0 aliphatic carbocycles. The smallest absolute Gasteiger partial charge is 0.282 e. The van der Waals surface area contributed by atoms with Crippen molar-refractivity contribution < 1.29 is 13.2 Å². The number of hydrogen-bond donors (Lipinski definition) is 0. The molecule has 0 unspecified atom stereocenters. The van der Waals surface area contributed by atoms with Crippen molar-refractivity contribution in [1.29, 1.82) is 0 Å². The van der Waals surface area contributed by atoms with Crippen molar-refractivity contribution in [3.63, 3.8) is 0 Å². The molecule has 5 rings (SSSR count). The summed E-state index contributed by atoms with van der Waals surface area (Å²) in [5.41, 5.74) is 0.739. The first-order valence-electron chi connectivity index (χ1n) is 9.93. The minimum absolute atomic E-state index is 0.158. The third kappa shape index (κ3) is 3.15. The number of rotatable bonds is 4. The first-order chi connectivity index (χ1) is 13.6. The van der Waals surface area contributed by atoms with Crippen molar-refractivity contribution in [3.05, 3.63) is 18.0 Å². The van der Waals surface area contributed by atoms with E-state index in [0.717, 1.165) is 43.2 Å². The summed E-state index contributed by atoms with van der Waals surface area (Å²) in [4.78, 5) is 2.24. The summed E-state index contributed by atoms with van der Waals surface area (Å²) in [5, 5.41) is 13.4. The molecule has 0 amide bonds. The van der Waals surface area contributed by atoms with Crippen LogP contribution in [0.5, 0.6) is 0 Å². The molecule has 2 aromatic rings. The Bertz CT molecular complexity index is 945. The molecule has 3 saturated heterocycles. The molecule has 0 bridgehead atoms. The maximum absolute atomic E-state index is 12.9. The summed E-state index contributed by atoms with van der Waals surface area (Å²) >= 11 is 0. The molecule has 0 atom stereocenters. The summed E-state index contributed by atoms with van der Waals surface area (Å²) in [6.07, 6.45) is 2.64. The quantitative estimate of drug-likeness (QED) is 0.709. The molecule has 0 saturated carbocycles. The lowest BCUT2D eigenvalue weighted by atomic mass is 9.97. The molecule has 0 aromatic carbocycles. The van der Waals surface area contributed by atoms with E-state index in [1.54, 1.807) is 4.31 Å². The Morgan fingerprint density at radius 3 is 2.32 bits per heavy atom. The van der Waals surface area contributed by atoms with Crippen LogP contribution in [-0.2, 0) is 14.9 Å². The van der Waals surface area contributed by atoms with Crippen LogP contribution in [0.4, 0.5) is 5.82 Å². The van der Waals surface area contributed by atoms with E-state index < -0.39 is 10.2 Å². The number of morpholine rings is 1. The number of hydrogen-bond acceptors (Lipinski definition) is 7. The lowest BCUT2D eigenvalue weighted by Crippen LogP contribution is -2.50. The molecule has 2 aromatic heterocycles. The van der Waals surface area contributed by atoms with Crippen molar-refractivity contribution in [3.8, 4) is 0 Å². The number of piperidine rings is 1. The highest BCUT2D eigenvalue weighted by molar-refractivity contribution is 7.86. The first-order valence-corrected chi connectivity index (χ1v) is 11.3. The van der Waals surface area contributed by atoms with Crippen LogP contribution < -0.4 is 4.90 Å². The fourth-order valence-electron chi connectivity index (χ4n) is 4.05. The van der Waals surface area contributed by atoms with Crippen LogP contribution in [-0.4, -0.2) is 89.3 Å². The molecule has 5 heterocycles. The third-order valence-corrected chi connectivity index (χ3v) is 7.93. The van der Waals surface area contributed by atoms with Gasteiger partial charge < -0.3 is 9.64 Å². The van der Waals surface area contributed by atoms with Crippen molar-refractivity contribution in [1.82, 2.24) is 28.4 Å². The van der Waals surface area contributed by atoms with Gasteiger partial charge in [-0.15, -0.1) is 15.3 Å². The standard InChI is InChI=1S/C17H25N7O3S/c25-28(26,23-10-12-27-13-11-23)22-8-4-14(5-9-22)17-19-18-15-2-3-16(20-24(15)17)21-6-1-7-21/h2-3,14H,1,4-13H2. The van der Waals surface area contributed by atoms with E-state index in [1.807, 2.05) is 16.6 Å². The molecular formula is C17H25N7O3S. The predicted octanol–water partition coefficient (Wildman–Crippen LogP) is 0.0908. The zero-order valence-corrected chi connectivity index (χ0v) is 16.6. The molecule has 28 heavy (non-hydrogen) atoms. The molecule has 0 spiro atoms. The lowest BCUT2D eigenvalue weighted by molar-refractivity contribution is 0.0696. The molecule has 0 radical (unpaired) electrons. The summed E-state index contributed by atoms with van der Waals surface area (Å²) < 4.78 is 35.9. The average molecular weight is 408 g/mol. The van der Waals surface area contributed by atoms with Crippen molar-refractivity contribution in [2.45, 2.75) is 25.2 Å². The van der Waals surface area contributed by atoms with Gasteiger partial charge in [0.15, 0.2) is 11.5 Å². The van der Waals surface area contributed by atoms with E-state index in [-0.39, 0.29) is 5.92 Å². The van der Waals surface area contributed by atoms with E-state index in [9.17, 15) is 8.42 Å². The van der Waals surface area contributed by atoms with Gasteiger partial charge >= 0.3 is 0 Å². The van der Waals surface area contributed by atoms with Gasteiger partial charge in [-0.25, -0.2) is 0 Å². The largest absolute Gasteiger partial charge is 0.379 e. The molecular weight excluding hydrogens is 382 g/mol. The van der Waals surface area contributed by atoms with Crippen LogP contribution in [0, 0.1) is 0 Å². The highest BCUT2D eigenvalue weighted by atomic mass is 32.2. The van der Waals surface area contributed by atoms with Gasteiger partial charge in [0.2, 0.25) is 0 Å². The Hall–Kier alpha value is -1.82. The first kappa shape index (κ1) is 18.2. The normalized spacial score (nSPS) is 23.2. The van der Waals surface area contributed by atoms with E-state index in [0.29, 0.717) is 39.4 Å². The Kier molecular flexibility index (Phi) is 4.69. The fourth-order valence-corrected chi connectivity index (χ4v) is 5.66. The summed E-state index contributed by atoms with van der Waals surface area (Å²) in [5.74, 6) is 1.94. The number of ether oxygens (including phenoxy) is 1. The zero-order valence-electron chi connectivity index (χ0n) is 15.8. The van der Waals surface area contributed by atoms with Crippen LogP contribution in [0.2, 0.25) is 0 Å². The number of nitrogens with zero attached hydrogens (tertiary/aromatic N) is 7. The van der Waals surface area contributed by atoms with Gasteiger partial charge in [0.25, 0.3) is 10.2 Å². The summed E-state index contributed by atoms with van der Waals surface area (Å²) in [6.45, 7) is 4.84. The van der Waals surface area contributed by atoms with Gasteiger partial charge in [-0.3, -0.25) is 0 Å². The molecule has 3 aliphatic heterocycles. The molecule has 10 nitrogen and oxygen atoms in total. The molecule has 3 fully saturated rings. The second-order valence-corrected chi connectivity index (χ2v) is 9.48. The van der Waals surface area contributed by atoms with E-state index in [2.05, 4.69) is 15.1 Å². The Morgan fingerprint density at radius 1 is 0.929 bits per heavy atom. The number of aromatic nitrogens is 4.